The zero-order valence-corrected chi connectivity index (χ0v) is 22.5. The Morgan fingerprint density at radius 3 is 2.18 bits per heavy atom. The minimum Gasteiger partial charge on any atom is -0.384 e. The van der Waals surface area contributed by atoms with Crippen LogP contribution in [0.3, 0.4) is 0 Å². The van der Waals surface area contributed by atoms with Crippen LogP contribution in [0.2, 0.25) is 0 Å². The van der Waals surface area contributed by atoms with Crippen LogP contribution in [0.5, 0.6) is 0 Å². The van der Waals surface area contributed by atoms with Gasteiger partial charge in [-0.05, 0) is 57.6 Å². The Morgan fingerprint density at radius 2 is 1.74 bits per heavy atom. The number of anilines is 2. The third-order valence-corrected chi connectivity index (χ3v) is 4.74. The number of nitrogens with two attached hydrogens (primary N) is 1. The highest BCUT2D eigenvalue weighted by molar-refractivity contribution is 5.75. The molecule has 4 N–H and O–H groups in total. The lowest BCUT2D eigenvalue weighted by Crippen LogP contribution is -2.34. The summed E-state index contributed by atoms with van der Waals surface area (Å²) < 4.78 is 1.38. The lowest BCUT2D eigenvalue weighted by molar-refractivity contribution is -0.121. The molecule has 190 valence electrons. The van der Waals surface area contributed by atoms with Crippen LogP contribution < -0.4 is 21.9 Å². The van der Waals surface area contributed by atoms with Crippen LogP contribution in [-0.2, 0) is 17.9 Å². The van der Waals surface area contributed by atoms with Gasteiger partial charge in [0.05, 0.1) is 0 Å². The zero-order chi connectivity index (χ0) is 26.5. The number of rotatable bonds is 5. The van der Waals surface area contributed by atoms with Gasteiger partial charge in [-0.1, -0.05) is 39.3 Å². The number of aromatic nitrogens is 3. The predicted octanol–water partition coefficient (Wildman–Crippen LogP) is 4.61. The van der Waals surface area contributed by atoms with Crippen LogP contribution in [0.4, 0.5) is 11.6 Å². The average Bonchev–Trinajstić information content (AvgIpc) is 3.46. The van der Waals surface area contributed by atoms with Gasteiger partial charge in [0.1, 0.15) is 12.4 Å². The third kappa shape index (κ3) is 12.2. The maximum absolute atomic E-state index is 12.2. The van der Waals surface area contributed by atoms with E-state index in [4.69, 9.17) is 5.73 Å². The molecule has 3 rings (SSSR count). The van der Waals surface area contributed by atoms with E-state index in [0.717, 1.165) is 16.7 Å². The Labute approximate surface area is 205 Å². The summed E-state index contributed by atoms with van der Waals surface area (Å²) in [6.07, 6.45) is 4.45. The van der Waals surface area contributed by atoms with Gasteiger partial charge in [0.25, 0.3) is 5.56 Å². The summed E-state index contributed by atoms with van der Waals surface area (Å²) in [6, 6.07) is 3.51. The topological polar surface area (TPSA) is 115 Å². The summed E-state index contributed by atoms with van der Waals surface area (Å²) in [5.74, 6) is 0.387. The molecule has 0 unspecified atom stereocenters. The summed E-state index contributed by atoms with van der Waals surface area (Å²) in [4.78, 5) is 32.4. The summed E-state index contributed by atoms with van der Waals surface area (Å²) in [6.45, 7) is 19.9. The smallest absolute Gasteiger partial charge is 0.293 e. The molecule has 0 bridgehead atoms. The molecule has 2 heterocycles. The van der Waals surface area contributed by atoms with Crippen molar-refractivity contribution in [3.63, 3.8) is 0 Å². The van der Waals surface area contributed by atoms with E-state index in [2.05, 4.69) is 41.0 Å². The number of carbonyl (C=O) groups is 1. The van der Waals surface area contributed by atoms with E-state index < -0.39 is 0 Å². The van der Waals surface area contributed by atoms with Crippen molar-refractivity contribution in [1.29, 1.82) is 0 Å². The first-order valence-corrected chi connectivity index (χ1v) is 11.7. The summed E-state index contributed by atoms with van der Waals surface area (Å²) >= 11 is 0. The summed E-state index contributed by atoms with van der Waals surface area (Å²) in [7, 11) is 1.61. The molecule has 0 spiro atoms. The first-order chi connectivity index (χ1) is 15.9. The average molecular weight is 473 g/mol. The van der Waals surface area contributed by atoms with Crippen LogP contribution in [-0.4, -0.2) is 27.5 Å². The third-order valence-electron chi connectivity index (χ3n) is 4.74. The Kier molecular flexibility index (Phi) is 13.5. The minimum atomic E-state index is -0.326. The standard InChI is InChI=1S/C15H20N6O2.C5H10.C4H8.C2H6/c1-9-6-19-14(17-3)15(23)21(9)8-13(22)18-7-11-4-5-12(16)20-10(11)2;1-5(2)3-4-5;1-4(2)3;1-2/h4-6H,7-8H2,1-3H3,(H2,16,20)(H,17,19)(H,18,22);3-4H2,1-2H3;1H2,2-3H3;1-2H3. The quantitative estimate of drug-likeness (QED) is 0.547. The van der Waals surface area contributed by atoms with Crippen molar-refractivity contribution in [3.8, 4) is 0 Å². The fraction of sp³-hybridized carbons (Fsp3) is 0.538. The molecule has 0 atom stereocenters. The first-order valence-electron chi connectivity index (χ1n) is 11.7. The molecule has 34 heavy (non-hydrogen) atoms. The minimum absolute atomic E-state index is 0.0662. The molecule has 1 aliphatic rings. The van der Waals surface area contributed by atoms with Crippen LogP contribution >= 0.6 is 0 Å². The molecular formula is C26H44N6O2. The number of nitrogen functional groups attached to an aromatic ring is 1. The molecule has 1 saturated carbocycles. The second-order valence-electron chi connectivity index (χ2n) is 9.02. The number of amides is 1. The number of allylic oxidation sites excluding steroid dienone is 1. The van der Waals surface area contributed by atoms with E-state index in [0.29, 0.717) is 18.1 Å². The molecule has 1 amide bonds. The maximum Gasteiger partial charge on any atom is 0.293 e. The fourth-order valence-electron chi connectivity index (χ4n) is 2.38. The number of hydrogen-bond acceptors (Lipinski definition) is 6. The van der Waals surface area contributed by atoms with Gasteiger partial charge in [-0.3, -0.25) is 14.2 Å². The van der Waals surface area contributed by atoms with Crippen molar-refractivity contribution in [2.24, 2.45) is 5.41 Å². The van der Waals surface area contributed by atoms with Crippen molar-refractivity contribution >= 4 is 17.5 Å². The second-order valence-corrected chi connectivity index (χ2v) is 9.02. The Bertz CT molecular complexity index is 985. The highest BCUT2D eigenvalue weighted by atomic mass is 16.2. The Hall–Kier alpha value is -3.16. The van der Waals surface area contributed by atoms with Gasteiger partial charge in [0, 0.05) is 31.2 Å². The number of carbonyl (C=O) groups excluding carboxylic acids is 1. The molecule has 1 aliphatic carbocycles. The number of hydrogen-bond donors (Lipinski definition) is 3. The van der Waals surface area contributed by atoms with Crippen molar-refractivity contribution < 1.29 is 4.79 Å². The van der Waals surface area contributed by atoms with Crippen molar-refractivity contribution in [2.75, 3.05) is 18.1 Å². The molecule has 8 nitrogen and oxygen atoms in total. The van der Waals surface area contributed by atoms with Crippen molar-refractivity contribution in [1.82, 2.24) is 19.9 Å². The molecule has 0 radical (unpaired) electrons. The van der Waals surface area contributed by atoms with E-state index in [1.807, 2.05) is 40.7 Å². The zero-order valence-electron chi connectivity index (χ0n) is 22.5. The first kappa shape index (κ1) is 30.8. The second kappa shape index (κ2) is 14.9. The van der Waals surface area contributed by atoms with Crippen molar-refractivity contribution in [3.05, 3.63) is 57.8 Å². The molecule has 0 aliphatic heterocycles. The van der Waals surface area contributed by atoms with Gasteiger partial charge in [0.15, 0.2) is 5.82 Å². The van der Waals surface area contributed by atoms with E-state index in [-0.39, 0.29) is 23.8 Å². The predicted molar refractivity (Wildman–Crippen MR) is 143 cm³/mol. The number of pyridine rings is 1. The molecule has 2 aromatic heterocycles. The van der Waals surface area contributed by atoms with Gasteiger partial charge in [-0.25, -0.2) is 9.97 Å². The summed E-state index contributed by atoms with van der Waals surface area (Å²) in [5.41, 5.74) is 9.45. The largest absolute Gasteiger partial charge is 0.384 e. The molecular weight excluding hydrogens is 428 g/mol. The van der Waals surface area contributed by atoms with Gasteiger partial charge >= 0.3 is 0 Å². The monoisotopic (exact) mass is 472 g/mol. The SMILES string of the molecule is C=C(C)C.CC.CC1(C)CC1.CNc1ncc(C)n(CC(=O)NCc2ccc(N)nc2C)c1=O. The Balaban J connectivity index is 0.000000820. The van der Waals surface area contributed by atoms with Crippen LogP contribution in [0.1, 0.15) is 71.3 Å². The van der Waals surface area contributed by atoms with Gasteiger partial charge < -0.3 is 16.4 Å². The Morgan fingerprint density at radius 1 is 1.21 bits per heavy atom. The molecule has 0 saturated heterocycles. The molecule has 2 aromatic rings. The number of aryl methyl sites for hydroxylation is 2. The van der Waals surface area contributed by atoms with Crippen LogP contribution in [0.15, 0.2) is 35.3 Å². The van der Waals surface area contributed by atoms with Crippen LogP contribution in [0.25, 0.3) is 0 Å². The van der Waals surface area contributed by atoms with Gasteiger partial charge in [0.2, 0.25) is 5.91 Å². The van der Waals surface area contributed by atoms with Gasteiger partial charge in [-0.15, -0.1) is 6.58 Å². The molecule has 0 aromatic carbocycles. The lowest BCUT2D eigenvalue weighted by atomic mass is 10.2. The number of nitrogens with zero attached hydrogens (tertiary/aromatic N) is 3. The molecule has 8 heteroatoms. The van der Waals surface area contributed by atoms with E-state index >= 15 is 0 Å². The van der Waals surface area contributed by atoms with E-state index in [1.165, 1.54) is 23.0 Å². The normalized spacial score (nSPS) is 12.4. The summed E-state index contributed by atoms with van der Waals surface area (Å²) in [5, 5.41) is 5.49. The highest BCUT2D eigenvalue weighted by Crippen LogP contribution is 2.43. The molecule has 1 fully saturated rings. The van der Waals surface area contributed by atoms with Crippen molar-refractivity contribution in [2.45, 2.75) is 81.3 Å². The van der Waals surface area contributed by atoms with E-state index in [9.17, 15) is 9.59 Å². The van der Waals surface area contributed by atoms with E-state index in [1.54, 1.807) is 26.2 Å². The lowest BCUT2D eigenvalue weighted by Gasteiger charge is -2.12. The number of nitrogens with one attached hydrogen (secondary N) is 2. The maximum atomic E-state index is 12.2. The fourth-order valence-corrected chi connectivity index (χ4v) is 2.38. The van der Waals surface area contributed by atoms with Gasteiger partial charge in [-0.2, -0.15) is 0 Å². The van der Waals surface area contributed by atoms with Crippen LogP contribution in [0, 0.1) is 19.3 Å². The highest BCUT2D eigenvalue weighted by Gasteiger charge is 2.30.